The summed E-state index contributed by atoms with van der Waals surface area (Å²) in [4.78, 5) is 16.7. The maximum absolute atomic E-state index is 12.2. The Morgan fingerprint density at radius 2 is 1.78 bits per heavy atom. The van der Waals surface area contributed by atoms with Crippen molar-refractivity contribution in [1.82, 2.24) is 10.1 Å². The topological polar surface area (TPSA) is 65.2 Å². The van der Waals surface area contributed by atoms with Crippen LogP contribution < -0.4 is 4.74 Å². The van der Waals surface area contributed by atoms with Crippen molar-refractivity contribution < 1.29 is 14.1 Å². The fourth-order valence-corrected chi connectivity index (χ4v) is 3.36. The molecule has 0 radical (unpaired) electrons. The molecule has 1 aliphatic carbocycles. The molecule has 1 saturated carbocycles. The molecular formula is C22H22N2O3. The minimum atomic E-state index is -0.0431. The third kappa shape index (κ3) is 4.08. The first-order chi connectivity index (χ1) is 13.2. The summed E-state index contributed by atoms with van der Waals surface area (Å²) in [6, 6.07) is 14.9. The number of hydrogen-bond donors (Lipinski definition) is 0. The van der Waals surface area contributed by atoms with Gasteiger partial charge in [-0.2, -0.15) is 4.98 Å². The van der Waals surface area contributed by atoms with Gasteiger partial charge in [-0.1, -0.05) is 47.8 Å². The van der Waals surface area contributed by atoms with Gasteiger partial charge in [0.15, 0.2) is 12.4 Å². The van der Waals surface area contributed by atoms with Crippen molar-refractivity contribution in [3.05, 3.63) is 65.5 Å². The summed E-state index contributed by atoms with van der Waals surface area (Å²) in [6.45, 7) is 2.00. The van der Waals surface area contributed by atoms with Gasteiger partial charge >= 0.3 is 0 Å². The highest BCUT2D eigenvalue weighted by Gasteiger charge is 2.23. The van der Waals surface area contributed by atoms with Crippen molar-refractivity contribution in [1.29, 1.82) is 0 Å². The van der Waals surface area contributed by atoms with Crippen LogP contribution in [0.15, 0.2) is 53.1 Å². The fourth-order valence-electron chi connectivity index (χ4n) is 3.36. The van der Waals surface area contributed by atoms with Crippen LogP contribution in [-0.4, -0.2) is 22.5 Å². The maximum Gasteiger partial charge on any atom is 0.230 e. The first kappa shape index (κ1) is 17.5. The number of Topliss-reactive ketones (excluding diaryl/α,β-unsaturated/α-hetero) is 1. The van der Waals surface area contributed by atoms with E-state index in [1.54, 1.807) is 0 Å². The fraction of sp³-hybridized carbons (Fsp3) is 0.318. The first-order valence-electron chi connectivity index (χ1n) is 9.36. The largest absolute Gasteiger partial charge is 0.485 e. The van der Waals surface area contributed by atoms with Gasteiger partial charge in [-0.25, -0.2) is 0 Å². The van der Waals surface area contributed by atoms with Gasteiger partial charge in [0.1, 0.15) is 5.75 Å². The molecule has 0 amide bonds. The molecule has 0 aliphatic heterocycles. The van der Waals surface area contributed by atoms with E-state index in [4.69, 9.17) is 9.26 Å². The van der Waals surface area contributed by atoms with Crippen LogP contribution in [0.1, 0.15) is 53.4 Å². The number of rotatable bonds is 6. The second-order valence-corrected chi connectivity index (χ2v) is 7.04. The quantitative estimate of drug-likeness (QED) is 0.580. The molecule has 2 aromatic carbocycles. The lowest BCUT2D eigenvalue weighted by atomic mass is 10.1. The molecule has 5 nitrogen and oxygen atoms in total. The van der Waals surface area contributed by atoms with Gasteiger partial charge in [0.2, 0.25) is 11.7 Å². The maximum atomic E-state index is 12.2. The Balaban J connectivity index is 1.37. The Bertz CT molecular complexity index is 907. The predicted octanol–water partition coefficient (Wildman–Crippen LogP) is 4.96. The smallest absolute Gasteiger partial charge is 0.230 e. The second kappa shape index (κ2) is 7.74. The van der Waals surface area contributed by atoms with Crippen molar-refractivity contribution in [2.24, 2.45) is 0 Å². The molecule has 138 valence electrons. The molecule has 4 rings (SSSR count). The highest BCUT2D eigenvalue weighted by atomic mass is 16.5. The van der Waals surface area contributed by atoms with Crippen molar-refractivity contribution >= 4 is 5.78 Å². The lowest BCUT2D eigenvalue weighted by Gasteiger charge is -2.06. The minimum absolute atomic E-state index is 0.0104. The van der Waals surface area contributed by atoms with Crippen LogP contribution in [0.5, 0.6) is 5.75 Å². The van der Waals surface area contributed by atoms with E-state index in [-0.39, 0.29) is 12.4 Å². The van der Waals surface area contributed by atoms with Gasteiger partial charge in [0.05, 0.1) is 0 Å². The number of carbonyl (C=O) groups is 1. The van der Waals surface area contributed by atoms with Gasteiger partial charge < -0.3 is 9.26 Å². The average Bonchev–Trinajstić information content (AvgIpc) is 3.39. The standard InChI is InChI=1S/C22H22N2O3/c1-15-6-8-16(9-7-15)20(25)14-26-19-12-10-17(11-13-19)21-23-22(27-24-21)18-4-2-3-5-18/h6-13,18H,2-5,14H2,1H3. The van der Waals surface area contributed by atoms with Gasteiger partial charge in [0.25, 0.3) is 0 Å². The molecule has 0 unspecified atom stereocenters. The zero-order chi connectivity index (χ0) is 18.6. The van der Waals surface area contributed by atoms with Crippen molar-refractivity contribution in [3.63, 3.8) is 0 Å². The minimum Gasteiger partial charge on any atom is -0.485 e. The molecule has 0 saturated heterocycles. The van der Waals surface area contributed by atoms with E-state index in [0.717, 1.165) is 29.9 Å². The van der Waals surface area contributed by atoms with Crippen LogP contribution >= 0.6 is 0 Å². The lowest BCUT2D eigenvalue weighted by Crippen LogP contribution is -2.11. The van der Waals surface area contributed by atoms with Gasteiger partial charge in [-0.3, -0.25) is 4.79 Å². The summed E-state index contributed by atoms with van der Waals surface area (Å²) in [5.41, 5.74) is 2.66. The molecule has 0 atom stereocenters. The van der Waals surface area contributed by atoms with Crippen LogP contribution in [0.4, 0.5) is 0 Å². The van der Waals surface area contributed by atoms with E-state index in [1.807, 2.05) is 55.5 Å². The Morgan fingerprint density at radius 1 is 1.07 bits per heavy atom. The summed E-state index contributed by atoms with van der Waals surface area (Å²) >= 11 is 0. The second-order valence-electron chi connectivity index (χ2n) is 7.04. The lowest BCUT2D eigenvalue weighted by molar-refractivity contribution is 0.0921. The predicted molar refractivity (Wildman–Crippen MR) is 102 cm³/mol. The Hall–Kier alpha value is -2.95. The number of carbonyl (C=O) groups excluding carboxylic acids is 1. The Labute approximate surface area is 158 Å². The SMILES string of the molecule is Cc1ccc(C(=O)COc2ccc(-c3noc(C4CCCC4)n3)cc2)cc1. The normalized spacial score (nSPS) is 14.4. The first-order valence-corrected chi connectivity index (χ1v) is 9.36. The van der Waals surface area contributed by atoms with Crippen LogP contribution in [0.3, 0.4) is 0 Å². The number of ether oxygens (including phenoxy) is 1. The van der Waals surface area contributed by atoms with E-state index >= 15 is 0 Å². The number of nitrogens with zero attached hydrogens (tertiary/aromatic N) is 2. The summed E-state index contributed by atoms with van der Waals surface area (Å²) in [5.74, 6) is 2.34. The molecule has 3 aromatic rings. The average molecular weight is 362 g/mol. The summed E-state index contributed by atoms with van der Waals surface area (Å²) < 4.78 is 11.0. The van der Waals surface area contributed by atoms with Crippen LogP contribution in [0.25, 0.3) is 11.4 Å². The van der Waals surface area contributed by atoms with Gasteiger partial charge in [-0.15, -0.1) is 0 Å². The molecule has 27 heavy (non-hydrogen) atoms. The van der Waals surface area contributed by atoms with E-state index in [0.29, 0.717) is 23.1 Å². The Kier molecular flexibility index (Phi) is 5.01. The van der Waals surface area contributed by atoms with E-state index in [1.165, 1.54) is 12.8 Å². The molecule has 1 heterocycles. The van der Waals surface area contributed by atoms with Crippen LogP contribution in [0.2, 0.25) is 0 Å². The number of benzene rings is 2. The molecule has 0 N–H and O–H groups in total. The highest BCUT2D eigenvalue weighted by molar-refractivity contribution is 5.97. The monoisotopic (exact) mass is 362 g/mol. The van der Waals surface area contributed by atoms with Gasteiger partial charge in [0, 0.05) is 17.0 Å². The molecule has 1 fully saturated rings. The Morgan fingerprint density at radius 3 is 2.48 bits per heavy atom. The number of ketones is 1. The molecular weight excluding hydrogens is 340 g/mol. The number of aryl methyl sites for hydroxylation is 1. The van der Waals surface area contributed by atoms with Crippen LogP contribution in [-0.2, 0) is 0 Å². The molecule has 5 heteroatoms. The van der Waals surface area contributed by atoms with Crippen molar-refractivity contribution in [2.45, 2.75) is 38.5 Å². The molecule has 0 bridgehead atoms. The molecule has 1 aromatic heterocycles. The third-order valence-electron chi connectivity index (χ3n) is 5.00. The number of aromatic nitrogens is 2. The molecule has 1 aliphatic rings. The zero-order valence-corrected chi connectivity index (χ0v) is 15.4. The van der Waals surface area contributed by atoms with E-state index < -0.39 is 0 Å². The van der Waals surface area contributed by atoms with Crippen molar-refractivity contribution in [3.8, 4) is 17.1 Å². The van der Waals surface area contributed by atoms with E-state index in [9.17, 15) is 4.79 Å². The number of hydrogen-bond acceptors (Lipinski definition) is 5. The summed E-state index contributed by atoms with van der Waals surface area (Å²) in [5, 5.41) is 4.10. The van der Waals surface area contributed by atoms with E-state index in [2.05, 4.69) is 10.1 Å². The highest BCUT2D eigenvalue weighted by Crippen LogP contribution is 2.34. The summed E-state index contributed by atoms with van der Waals surface area (Å²) in [7, 11) is 0. The summed E-state index contributed by atoms with van der Waals surface area (Å²) in [6.07, 6.45) is 4.72. The third-order valence-corrected chi connectivity index (χ3v) is 5.00. The van der Waals surface area contributed by atoms with Crippen molar-refractivity contribution in [2.75, 3.05) is 6.61 Å². The molecule has 0 spiro atoms. The van der Waals surface area contributed by atoms with Crippen LogP contribution in [0, 0.1) is 6.92 Å². The zero-order valence-electron chi connectivity index (χ0n) is 15.4. The van der Waals surface area contributed by atoms with Gasteiger partial charge in [-0.05, 0) is 44.0 Å².